The molecule has 0 atom stereocenters. The summed E-state index contributed by atoms with van der Waals surface area (Å²) in [6.45, 7) is 2.30. The van der Waals surface area contributed by atoms with Gasteiger partial charge in [-0.15, -0.1) is 11.3 Å². The van der Waals surface area contributed by atoms with Gasteiger partial charge in [0.05, 0.1) is 10.4 Å². The zero-order valence-corrected chi connectivity index (χ0v) is 12.9. The summed E-state index contributed by atoms with van der Waals surface area (Å²) in [6.07, 6.45) is 3.01. The SMILES string of the molecule is CC1CCC(CNC(=O)c2sccc2Cl)(C(=O)O)CC1. The predicted octanol–water partition coefficient (Wildman–Crippen LogP) is 3.41. The minimum absolute atomic E-state index is 0.169. The van der Waals surface area contributed by atoms with Crippen LogP contribution >= 0.6 is 22.9 Å². The number of thiophene rings is 1. The average molecular weight is 316 g/mol. The largest absolute Gasteiger partial charge is 0.481 e. The van der Waals surface area contributed by atoms with Crippen LogP contribution in [-0.4, -0.2) is 23.5 Å². The first-order valence-corrected chi connectivity index (χ1v) is 7.95. The molecule has 1 aromatic rings. The molecular weight excluding hydrogens is 298 g/mol. The quantitative estimate of drug-likeness (QED) is 0.894. The molecule has 0 aliphatic heterocycles. The van der Waals surface area contributed by atoms with Crippen LogP contribution in [0.5, 0.6) is 0 Å². The standard InChI is InChI=1S/C14H18ClNO3S/c1-9-2-5-14(6-3-9,13(18)19)8-16-12(17)11-10(15)4-7-20-11/h4,7,9H,2-3,5-6,8H2,1H3,(H,16,17)(H,18,19). The highest BCUT2D eigenvalue weighted by molar-refractivity contribution is 7.12. The minimum atomic E-state index is -0.827. The lowest BCUT2D eigenvalue weighted by atomic mass is 9.71. The molecule has 0 radical (unpaired) electrons. The summed E-state index contributed by atoms with van der Waals surface area (Å²) in [5.74, 6) is -0.545. The molecule has 1 aliphatic rings. The van der Waals surface area contributed by atoms with E-state index in [0.29, 0.717) is 28.7 Å². The molecule has 1 saturated carbocycles. The topological polar surface area (TPSA) is 66.4 Å². The number of carbonyl (C=O) groups is 2. The summed E-state index contributed by atoms with van der Waals surface area (Å²) < 4.78 is 0. The molecule has 1 aromatic heterocycles. The number of aliphatic carboxylic acids is 1. The molecular formula is C14H18ClNO3S. The number of rotatable bonds is 4. The van der Waals surface area contributed by atoms with E-state index in [-0.39, 0.29) is 12.5 Å². The van der Waals surface area contributed by atoms with Gasteiger partial charge >= 0.3 is 5.97 Å². The van der Waals surface area contributed by atoms with Gasteiger partial charge in [-0.1, -0.05) is 18.5 Å². The van der Waals surface area contributed by atoms with Crippen molar-refractivity contribution in [1.82, 2.24) is 5.32 Å². The maximum Gasteiger partial charge on any atom is 0.311 e. The summed E-state index contributed by atoms with van der Waals surface area (Å²) in [6, 6.07) is 1.66. The van der Waals surface area contributed by atoms with Crippen molar-refractivity contribution >= 4 is 34.8 Å². The summed E-state index contributed by atoms with van der Waals surface area (Å²) in [5, 5.41) is 14.4. The molecule has 0 aromatic carbocycles. The Balaban J connectivity index is 2.02. The van der Waals surface area contributed by atoms with Crippen LogP contribution in [0.4, 0.5) is 0 Å². The smallest absolute Gasteiger partial charge is 0.311 e. The van der Waals surface area contributed by atoms with Crippen LogP contribution in [0, 0.1) is 11.3 Å². The van der Waals surface area contributed by atoms with Crippen LogP contribution in [0.3, 0.4) is 0 Å². The van der Waals surface area contributed by atoms with Gasteiger partial charge in [0.2, 0.25) is 0 Å². The minimum Gasteiger partial charge on any atom is -0.481 e. The van der Waals surface area contributed by atoms with Gasteiger partial charge in [-0.25, -0.2) is 0 Å². The maximum absolute atomic E-state index is 12.0. The molecule has 2 rings (SSSR count). The highest BCUT2D eigenvalue weighted by Gasteiger charge is 2.41. The normalized spacial score (nSPS) is 26.2. The summed E-state index contributed by atoms with van der Waals surface area (Å²) >= 11 is 7.17. The molecule has 1 fully saturated rings. The maximum atomic E-state index is 12.0. The second-order valence-corrected chi connectivity index (χ2v) is 6.87. The van der Waals surface area contributed by atoms with Gasteiger partial charge < -0.3 is 10.4 Å². The molecule has 6 heteroatoms. The van der Waals surface area contributed by atoms with Crippen molar-refractivity contribution in [2.24, 2.45) is 11.3 Å². The van der Waals surface area contributed by atoms with E-state index >= 15 is 0 Å². The molecule has 0 unspecified atom stereocenters. The Morgan fingerprint density at radius 1 is 1.50 bits per heavy atom. The van der Waals surface area contributed by atoms with E-state index in [9.17, 15) is 14.7 Å². The summed E-state index contributed by atoms with van der Waals surface area (Å²) in [7, 11) is 0. The second-order valence-electron chi connectivity index (χ2n) is 5.55. The van der Waals surface area contributed by atoms with Crippen molar-refractivity contribution in [3.05, 3.63) is 21.3 Å². The number of hydrogen-bond acceptors (Lipinski definition) is 3. The molecule has 1 aliphatic carbocycles. The molecule has 1 heterocycles. The van der Waals surface area contributed by atoms with Crippen LogP contribution in [0.15, 0.2) is 11.4 Å². The van der Waals surface area contributed by atoms with Crippen molar-refractivity contribution in [2.75, 3.05) is 6.54 Å². The molecule has 4 nitrogen and oxygen atoms in total. The van der Waals surface area contributed by atoms with E-state index in [1.54, 1.807) is 11.4 Å². The molecule has 1 amide bonds. The van der Waals surface area contributed by atoms with E-state index in [1.165, 1.54) is 11.3 Å². The number of amides is 1. The highest BCUT2D eigenvalue weighted by Crippen LogP contribution is 2.38. The fourth-order valence-corrected chi connectivity index (χ4v) is 3.62. The summed E-state index contributed by atoms with van der Waals surface area (Å²) in [5.41, 5.74) is -0.827. The van der Waals surface area contributed by atoms with Gasteiger partial charge in [0.1, 0.15) is 4.88 Å². The predicted molar refractivity (Wildman–Crippen MR) is 79.4 cm³/mol. The van der Waals surface area contributed by atoms with Gasteiger partial charge in [0.15, 0.2) is 0 Å². The molecule has 0 bridgehead atoms. The molecule has 0 saturated heterocycles. The fourth-order valence-electron chi connectivity index (χ4n) is 2.57. The number of halogens is 1. The van der Waals surface area contributed by atoms with Gasteiger partial charge in [0.25, 0.3) is 5.91 Å². The van der Waals surface area contributed by atoms with E-state index in [4.69, 9.17) is 11.6 Å². The lowest BCUT2D eigenvalue weighted by Gasteiger charge is -2.35. The number of nitrogens with one attached hydrogen (secondary N) is 1. The van der Waals surface area contributed by atoms with Crippen molar-refractivity contribution in [1.29, 1.82) is 0 Å². The highest BCUT2D eigenvalue weighted by atomic mass is 35.5. The number of carbonyl (C=O) groups excluding carboxylic acids is 1. The third kappa shape index (κ3) is 3.15. The summed E-state index contributed by atoms with van der Waals surface area (Å²) in [4.78, 5) is 24.0. The Kier molecular flexibility index (Phi) is 4.70. The van der Waals surface area contributed by atoms with Crippen LogP contribution in [0.1, 0.15) is 42.3 Å². The monoisotopic (exact) mass is 315 g/mol. The van der Waals surface area contributed by atoms with Crippen molar-refractivity contribution < 1.29 is 14.7 Å². The van der Waals surface area contributed by atoms with Crippen LogP contribution in [0.25, 0.3) is 0 Å². The number of hydrogen-bond donors (Lipinski definition) is 2. The first-order chi connectivity index (χ1) is 9.44. The fraction of sp³-hybridized carbons (Fsp3) is 0.571. The van der Waals surface area contributed by atoms with Gasteiger partial charge in [-0.2, -0.15) is 0 Å². The Morgan fingerprint density at radius 2 is 2.15 bits per heavy atom. The number of carboxylic acids is 1. The Hall–Kier alpha value is -1.07. The van der Waals surface area contributed by atoms with Gasteiger partial charge in [-0.3, -0.25) is 9.59 Å². The van der Waals surface area contributed by atoms with E-state index in [1.807, 2.05) is 0 Å². The Bertz CT molecular complexity index is 506. The zero-order chi connectivity index (χ0) is 14.8. The van der Waals surface area contributed by atoms with Crippen LogP contribution < -0.4 is 5.32 Å². The first-order valence-electron chi connectivity index (χ1n) is 6.69. The van der Waals surface area contributed by atoms with E-state index in [2.05, 4.69) is 12.2 Å². The lowest BCUT2D eigenvalue weighted by Crippen LogP contribution is -2.45. The van der Waals surface area contributed by atoms with Crippen molar-refractivity contribution in [2.45, 2.75) is 32.6 Å². The van der Waals surface area contributed by atoms with Gasteiger partial charge in [0, 0.05) is 6.54 Å². The molecule has 2 N–H and O–H groups in total. The molecule has 110 valence electrons. The Morgan fingerprint density at radius 3 is 2.65 bits per heavy atom. The number of carboxylic acid groups (broad SMARTS) is 1. The van der Waals surface area contributed by atoms with E-state index < -0.39 is 11.4 Å². The first kappa shape index (κ1) is 15.3. The molecule has 20 heavy (non-hydrogen) atoms. The van der Waals surface area contributed by atoms with Crippen LogP contribution in [-0.2, 0) is 4.79 Å². The van der Waals surface area contributed by atoms with Gasteiger partial charge in [-0.05, 0) is 43.0 Å². The van der Waals surface area contributed by atoms with Crippen LogP contribution in [0.2, 0.25) is 5.02 Å². The lowest BCUT2D eigenvalue weighted by molar-refractivity contribution is -0.151. The molecule has 0 spiro atoms. The van der Waals surface area contributed by atoms with Crippen molar-refractivity contribution in [3.63, 3.8) is 0 Å². The van der Waals surface area contributed by atoms with Crippen molar-refractivity contribution in [3.8, 4) is 0 Å². The third-order valence-corrected chi connectivity index (χ3v) is 5.44. The average Bonchev–Trinajstić information content (AvgIpc) is 2.84. The third-order valence-electron chi connectivity index (χ3n) is 4.10. The Labute approximate surface area is 127 Å². The zero-order valence-electron chi connectivity index (χ0n) is 11.3. The second kappa shape index (κ2) is 6.14. The van der Waals surface area contributed by atoms with E-state index in [0.717, 1.165) is 12.8 Å².